The highest BCUT2D eigenvalue weighted by molar-refractivity contribution is 5.94. The van der Waals surface area contributed by atoms with E-state index in [1.165, 1.54) is 0 Å². The van der Waals surface area contributed by atoms with Crippen molar-refractivity contribution in [3.8, 4) is 17.8 Å². The van der Waals surface area contributed by atoms with Gasteiger partial charge >= 0.3 is 12.1 Å². The summed E-state index contributed by atoms with van der Waals surface area (Å²) in [6.45, 7) is 16.1. The van der Waals surface area contributed by atoms with E-state index in [0.717, 1.165) is 30.4 Å². The second-order valence-corrected chi connectivity index (χ2v) is 14.1. The first-order chi connectivity index (χ1) is 23.2. The van der Waals surface area contributed by atoms with Gasteiger partial charge < -0.3 is 29.7 Å². The topological polar surface area (TPSA) is 162 Å². The molecule has 0 bridgehead atoms. The predicted molar refractivity (Wildman–Crippen MR) is 185 cm³/mol. The predicted octanol–water partition coefficient (Wildman–Crippen LogP) is 6.58. The van der Waals surface area contributed by atoms with Crippen LogP contribution in [0.5, 0.6) is 11.8 Å². The Morgan fingerprint density at radius 3 is 2.49 bits per heavy atom. The first-order valence-corrected chi connectivity index (χ1v) is 17.1. The molecule has 2 aromatic rings. The fourth-order valence-corrected chi connectivity index (χ4v) is 5.93. The van der Waals surface area contributed by atoms with Crippen LogP contribution in [0.15, 0.2) is 53.7 Å². The SMILES string of the molecule is C=C(C[C@@H](C)CC)[C@H](C)Oc1cc(O[C@H]2CCN(C(=O)OC(C)(C)C)[C@H](CC#N)C2)nc(/C(N)=N/OC(=O)C2(c3ccccc3)CCC2)n1. The molecule has 0 unspecified atom stereocenters. The van der Waals surface area contributed by atoms with Gasteiger partial charge in [0.25, 0.3) is 0 Å². The van der Waals surface area contributed by atoms with Gasteiger partial charge in [-0.2, -0.15) is 15.2 Å². The van der Waals surface area contributed by atoms with Crippen molar-refractivity contribution in [1.29, 1.82) is 5.26 Å². The number of nitriles is 1. The van der Waals surface area contributed by atoms with Crippen molar-refractivity contribution in [2.45, 2.75) is 122 Å². The van der Waals surface area contributed by atoms with Crippen molar-refractivity contribution >= 4 is 17.9 Å². The number of rotatable bonds is 13. The van der Waals surface area contributed by atoms with Crippen LogP contribution in [0.4, 0.5) is 4.79 Å². The lowest BCUT2D eigenvalue weighted by molar-refractivity contribution is -0.154. The molecule has 1 aliphatic carbocycles. The van der Waals surface area contributed by atoms with E-state index in [0.29, 0.717) is 38.1 Å². The molecule has 1 saturated heterocycles. The Labute approximate surface area is 289 Å². The minimum Gasteiger partial charge on any atom is -0.474 e. The first-order valence-electron chi connectivity index (χ1n) is 17.1. The summed E-state index contributed by atoms with van der Waals surface area (Å²) < 4.78 is 18.1. The van der Waals surface area contributed by atoms with Crippen LogP contribution in [-0.4, -0.2) is 63.2 Å². The number of benzene rings is 1. The van der Waals surface area contributed by atoms with Gasteiger partial charge in [-0.25, -0.2) is 9.59 Å². The zero-order valence-electron chi connectivity index (χ0n) is 29.6. The normalized spacial score (nSPS) is 20.2. The number of carbonyl (C=O) groups excluding carboxylic acids is 2. The molecule has 1 amide bonds. The third kappa shape index (κ3) is 9.71. The van der Waals surface area contributed by atoms with Crippen LogP contribution in [-0.2, 0) is 19.8 Å². The number of ether oxygens (including phenoxy) is 3. The van der Waals surface area contributed by atoms with E-state index < -0.39 is 29.1 Å². The van der Waals surface area contributed by atoms with Gasteiger partial charge in [0.15, 0.2) is 0 Å². The zero-order chi connectivity index (χ0) is 35.8. The van der Waals surface area contributed by atoms with E-state index in [4.69, 9.17) is 24.8 Å². The van der Waals surface area contributed by atoms with Gasteiger partial charge in [0.1, 0.15) is 17.8 Å². The van der Waals surface area contributed by atoms with Crippen molar-refractivity contribution in [3.63, 3.8) is 0 Å². The molecule has 2 fully saturated rings. The van der Waals surface area contributed by atoms with Gasteiger partial charge in [-0.15, -0.1) is 0 Å². The number of oxime groups is 1. The van der Waals surface area contributed by atoms with Crippen molar-refractivity contribution < 1.29 is 28.6 Å². The molecule has 1 aromatic carbocycles. The lowest BCUT2D eigenvalue weighted by Gasteiger charge is -2.38. The number of aromatic nitrogens is 2. The number of amides is 1. The molecule has 4 atom stereocenters. The molecule has 2 N–H and O–H groups in total. The number of hydrogen-bond donors (Lipinski definition) is 1. The van der Waals surface area contributed by atoms with E-state index in [1.54, 1.807) is 31.7 Å². The maximum atomic E-state index is 13.3. The number of amidine groups is 1. The van der Waals surface area contributed by atoms with Crippen LogP contribution in [0.2, 0.25) is 0 Å². The maximum absolute atomic E-state index is 13.3. The number of carbonyl (C=O) groups is 2. The fraction of sp³-hybridized carbons (Fsp3) is 0.568. The average molecular weight is 675 g/mol. The summed E-state index contributed by atoms with van der Waals surface area (Å²) in [5.74, 6) is 0.0318. The van der Waals surface area contributed by atoms with E-state index in [2.05, 4.69) is 41.6 Å². The summed E-state index contributed by atoms with van der Waals surface area (Å²) in [5.41, 5.74) is 6.67. The van der Waals surface area contributed by atoms with Crippen molar-refractivity contribution in [3.05, 3.63) is 59.9 Å². The number of likely N-dealkylation sites (tertiary alicyclic amines) is 1. The van der Waals surface area contributed by atoms with Crippen LogP contribution in [0.3, 0.4) is 0 Å². The van der Waals surface area contributed by atoms with Crippen molar-refractivity contribution in [1.82, 2.24) is 14.9 Å². The molecule has 1 saturated carbocycles. The molecular weight excluding hydrogens is 624 g/mol. The molecule has 264 valence electrons. The second kappa shape index (κ2) is 16.2. The van der Waals surface area contributed by atoms with Gasteiger partial charge in [0.05, 0.1) is 30.0 Å². The van der Waals surface area contributed by atoms with E-state index in [-0.39, 0.29) is 42.0 Å². The third-order valence-corrected chi connectivity index (χ3v) is 9.15. The monoisotopic (exact) mass is 674 g/mol. The Bertz CT molecular complexity index is 1540. The van der Waals surface area contributed by atoms with Gasteiger partial charge in [-0.05, 0) is 64.0 Å². The molecule has 4 rings (SSSR count). The molecule has 2 heterocycles. The second-order valence-electron chi connectivity index (χ2n) is 14.1. The van der Waals surface area contributed by atoms with Gasteiger partial charge in [-0.1, -0.05) is 68.8 Å². The van der Waals surface area contributed by atoms with Crippen LogP contribution >= 0.6 is 0 Å². The van der Waals surface area contributed by atoms with E-state index in [1.807, 2.05) is 37.3 Å². The van der Waals surface area contributed by atoms with Crippen LogP contribution < -0.4 is 15.2 Å². The summed E-state index contributed by atoms with van der Waals surface area (Å²) >= 11 is 0. The largest absolute Gasteiger partial charge is 0.474 e. The summed E-state index contributed by atoms with van der Waals surface area (Å²) in [6.07, 6.45) is 3.76. The zero-order valence-corrected chi connectivity index (χ0v) is 29.6. The molecule has 1 aliphatic heterocycles. The van der Waals surface area contributed by atoms with E-state index >= 15 is 0 Å². The van der Waals surface area contributed by atoms with Crippen molar-refractivity contribution in [2.24, 2.45) is 16.8 Å². The third-order valence-electron chi connectivity index (χ3n) is 9.15. The highest BCUT2D eigenvalue weighted by atomic mass is 16.7. The highest BCUT2D eigenvalue weighted by Gasteiger charge is 2.47. The Hall–Kier alpha value is -4.66. The fourth-order valence-electron chi connectivity index (χ4n) is 5.93. The number of nitrogens with zero attached hydrogens (tertiary/aromatic N) is 5. The van der Waals surface area contributed by atoms with Crippen LogP contribution in [0, 0.1) is 17.2 Å². The molecule has 2 aliphatic rings. The van der Waals surface area contributed by atoms with Crippen molar-refractivity contribution in [2.75, 3.05) is 6.54 Å². The summed E-state index contributed by atoms with van der Waals surface area (Å²) in [5, 5.41) is 13.5. The number of hydrogen-bond acceptors (Lipinski definition) is 10. The summed E-state index contributed by atoms with van der Waals surface area (Å²) in [4.78, 5) is 42.2. The molecule has 0 spiro atoms. The molecule has 0 radical (unpaired) electrons. The van der Waals surface area contributed by atoms with Gasteiger partial charge in [0.2, 0.25) is 23.4 Å². The molecule has 1 aromatic heterocycles. The first kappa shape index (κ1) is 37.2. The molecule has 12 nitrogen and oxygen atoms in total. The van der Waals surface area contributed by atoms with E-state index in [9.17, 15) is 14.9 Å². The Kier molecular flexibility index (Phi) is 12.3. The molecule has 49 heavy (non-hydrogen) atoms. The quantitative estimate of drug-likeness (QED) is 0.0807. The number of piperidine rings is 1. The molecule has 12 heteroatoms. The minimum atomic E-state index is -0.773. The summed E-state index contributed by atoms with van der Waals surface area (Å²) in [6, 6.07) is 12.8. The minimum absolute atomic E-state index is 0.0397. The maximum Gasteiger partial charge on any atom is 0.410 e. The van der Waals surface area contributed by atoms with Gasteiger partial charge in [-0.3, -0.25) is 0 Å². The highest BCUT2D eigenvalue weighted by Crippen LogP contribution is 2.44. The Morgan fingerprint density at radius 1 is 1.18 bits per heavy atom. The van der Waals surface area contributed by atoms with Crippen LogP contribution in [0.1, 0.15) is 104 Å². The Balaban J connectivity index is 1.56. The van der Waals surface area contributed by atoms with Gasteiger partial charge in [0, 0.05) is 19.4 Å². The standard InChI is InChI=1S/C37H50N6O6/c1-8-24(2)21-25(3)26(4)46-30-23-31(47-29-16-20-43(28(22-29)15-19-38)35(45)48-36(5,6)7)41-33(40-30)32(39)42-49-34(44)37(17-12-18-37)27-13-10-9-11-14-27/h9-11,13-14,23-24,26,28-29H,3,8,12,15-18,20-22H2,1-2,4-7H3,(H2,39,42)/t24-,26-,28+,29-/m0/s1. The van der Waals surface area contributed by atoms with Crippen LogP contribution in [0.25, 0.3) is 0 Å². The number of nitrogens with two attached hydrogens (primary N) is 1. The molecular formula is C37H50N6O6. The average Bonchev–Trinajstić information content (AvgIpc) is 3.02. The summed E-state index contributed by atoms with van der Waals surface area (Å²) in [7, 11) is 0. The smallest absolute Gasteiger partial charge is 0.410 e. The Morgan fingerprint density at radius 2 is 1.88 bits per heavy atom. The lowest BCUT2D eigenvalue weighted by Crippen LogP contribution is -2.50. The lowest BCUT2D eigenvalue weighted by atomic mass is 9.64.